The molecule has 0 aliphatic rings. The van der Waals surface area contributed by atoms with Crippen molar-refractivity contribution in [3.05, 3.63) is 71.3 Å². The number of unbranched alkanes of at least 4 members (excludes halogenated alkanes) is 1. The van der Waals surface area contributed by atoms with E-state index >= 15 is 0 Å². The molecule has 2 aromatic rings. The van der Waals surface area contributed by atoms with Crippen LogP contribution in [-0.2, 0) is 17.6 Å². The van der Waals surface area contributed by atoms with Gasteiger partial charge in [0.25, 0.3) is 0 Å². The quantitative estimate of drug-likeness (QED) is 0.731. The van der Waals surface area contributed by atoms with Crippen LogP contribution in [0.5, 0.6) is 0 Å². The van der Waals surface area contributed by atoms with E-state index in [2.05, 4.69) is 13.0 Å². The summed E-state index contributed by atoms with van der Waals surface area (Å²) >= 11 is 0. The van der Waals surface area contributed by atoms with Gasteiger partial charge in [0.2, 0.25) is 0 Å². The van der Waals surface area contributed by atoms with Gasteiger partial charge in [-0.1, -0.05) is 67.9 Å². The van der Waals surface area contributed by atoms with Gasteiger partial charge < -0.3 is 9.84 Å². The molecule has 0 fully saturated rings. The van der Waals surface area contributed by atoms with E-state index in [1.807, 2.05) is 48.5 Å². The number of ether oxygens (including phenoxy) is 1. The van der Waals surface area contributed by atoms with E-state index in [-0.39, 0.29) is 0 Å². The second-order valence-corrected chi connectivity index (χ2v) is 5.36. The van der Waals surface area contributed by atoms with Crippen molar-refractivity contribution in [3.8, 4) is 0 Å². The van der Waals surface area contributed by atoms with Gasteiger partial charge in [0.1, 0.15) is 6.10 Å². The Labute approximate surface area is 131 Å². The van der Waals surface area contributed by atoms with Gasteiger partial charge in [0.15, 0.2) is 0 Å². The van der Waals surface area contributed by atoms with Crippen molar-refractivity contribution in [2.75, 3.05) is 0 Å². The molecule has 0 saturated heterocycles. The van der Waals surface area contributed by atoms with Gasteiger partial charge in [-0.05, 0) is 29.5 Å². The van der Waals surface area contributed by atoms with E-state index in [9.17, 15) is 4.79 Å². The lowest BCUT2D eigenvalue weighted by Crippen LogP contribution is -2.14. The Morgan fingerprint density at radius 1 is 1.09 bits per heavy atom. The molecule has 1 atom stereocenters. The first-order chi connectivity index (χ1) is 10.7. The molecule has 3 heteroatoms. The van der Waals surface area contributed by atoms with Gasteiger partial charge in [-0.25, -0.2) is 4.79 Å². The Morgan fingerprint density at radius 2 is 1.77 bits per heavy atom. The molecule has 1 unspecified atom stereocenters. The van der Waals surface area contributed by atoms with Crippen LogP contribution >= 0.6 is 0 Å². The fourth-order valence-electron chi connectivity index (χ4n) is 2.61. The third kappa shape index (κ3) is 4.62. The molecule has 0 spiro atoms. The molecule has 0 saturated carbocycles. The molecule has 0 bridgehead atoms. The maximum absolute atomic E-state index is 11.1. The van der Waals surface area contributed by atoms with E-state index in [1.165, 1.54) is 5.56 Å². The van der Waals surface area contributed by atoms with Crippen LogP contribution in [0.3, 0.4) is 0 Å². The normalized spacial score (nSPS) is 11.9. The summed E-state index contributed by atoms with van der Waals surface area (Å²) in [5.74, 6) is 0. The minimum atomic E-state index is -1.23. The Balaban J connectivity index is 2.26. The summed E-state index contributed by atoms with van der Waals surface area (Å²) in [7, 11) is 0. The molecule has 3 nitrogen and oxygen atoms in total. The van der Waals surface area contributed by atoms with Crippen LogP contribution in [0, 0.1) is 0 Å². The van der Waals surface area contributed by atoms with E-state index in [4.69, 9.17) is 9.84 Å². The third-order valence-corrected chi connectivity index (χ3v) is 3.71. The molecule has 22 heavy (non-hydrogen) atoms. The van der Waals surface area contributed by atoms with Crippen molar-refractivity contribution in [2.24, 2.45) is 0 Å². The average molecular weight is 298 g/mol. The van der Waals surface area contributed by atoms with E-state index in [0.29, 0.717) is 6.42 Å². The van der Waals surface area contributed by atoms with Gasteiger partial charge in [0.05, 0.1) is 0 Å². The summed E-state index contributed by atoms with van der Waals surface area (Å²) in [4.78, 5) is 11.1. The van der Waals surface area contributed by atoms with E-state index < -0.39 is 12.3 Å². The molecule has 2 rings (SSSR count). The Morgan fingerprint density at radius 3 is 2.45 bits per heavy atom. The molecular formula is C19H22O3. The van der Waals surface area contributed by atoms with Crippen molar-refractivity contribution < 1.29 is 14.6 Å². The molecule has 1 N–H and O–H groups in total. The van der Waals surface area contributed by atoms with Crippen molar-refractivity contribution in [1.82, 2.24) is 0 Å². The number of hydrogen-bond acceptors (Lipinski definition) is 2. The highest BCUT2D eigenvalue weighted by molar-refractivity contribution is 5.57. The number of aryl methyl sites for hydroxylation is 1. The maximum atomic E-state index is 11.1. The van der Waals surface area contributed by atoms with Crippen molar-refractivity contribution in [2.45, 2.75) is 38.7 Å². The predicted molar refractivity (Wildman–Crippen MR) is 87.1 cm³/mol. The molecule has 0 aliphatic carbocycles. The van der Waals surface area contributed by atoms with Gasteiger partial charge in [-0.2, -0.15) is 0 Å². The minimum absolute atomic E-state index is 0.465. The summed E-state index contributed by atoms with van der Waals surface area (Å²) in [5.41, 5.74) is 3.22. The highest BCUT2D eigenvalue weighted by atomic mass is 16.7. The van der Waals surface area contributed by atoms with Gasteiger partial charge in [0, 0.05) is 6.42 Å². The first-order valence-electron chi connectivity index (χ1n) is 7.72. The Bertz CT molecular complexity index is 593. The Kier molecular flexibility index (Phi) is 6.01. The summed E-state index contributed by atoms with van der Waals surface area (Å²) in [6.45, 7) is 2.15. The SMILES string of the molecule is CCCCc1ccccc1C(Cc1ccccc1)OC(=O)O. The minimum Gasteiger partial charge on any atom is -0.450 e. The lowest BCUT2D eigenvalue weighted by Gasteiger charge is -2.20. The number of benzene rings is 2. The molecule has 0 heterocycles. The van der Waals surface area contributed by atoms with Crippen molar-refractivity contribution >= 4 is 6.16 Å². The zero-order valence-electron chi connectivity index (χ0n) is 12.9. The maximum Gasteiger partial charge on any atom is 0.506 e. The van der Waals surface area contributed by atoms with E-state index in [1.54, 1.807) is 0 Å². The second-order valence-electron chi connectivity index (χ2n) is 5.36. The molecular weight excluding hydrogens is 276 g/mol. The molecule has 0 amide bonds. The highest BCUT2D eigenvalue weighted by Crippen LogP contribution is 2.27. The largest absolute Gasteiger partial charge is 0.506 e. The fraction of sp³-hybridized carbons (Fsp3) is 0.316. The first kappa shape index (κ1) is 16.1. The van der Waals surface area contributed by atoms with Crippen molar-refractivity contribution in [1.29, 1.82) is 0 Å². The summed E-state index contributed by atoms with van der Waals surface area (Å²) < 4.78 is 5.18. The fourth-order valence-corrected chi connectivity index (χ4v) is 2.61. The third-order valence-electron chi connectivity index (χ3n) is 3.71. The summed E-state index contributed by atoms with van der Waals surface area (Å²) in [6.07, 6.45) is 2.00. The van der Waals surface area contributed by atoms with Gasteiger partial charge >= 0.3 is 6.16 Å². The topological polar surface area (TPSA) is 46.5 Å². The molecule has 2 aromatic carbocycles. The van der Waals surface area contributed by atoms with Crippen LogP contribution in [0.2, 0.25) is 0 Å². The zero-order valence-corrected chi connectivity index (χ0v) is 12.9. The molecule has 0 aliphatic heterocycles. The number of rotatable bonds is 7. The monoisotopic (exact) mass is 298 g/mol. The first-order valence-corrected chi connectivity index (χ1v) is 7.72. The van der Waals surface area contributed by atoms with Crippen LogP contribution in [0.25, 0.3) is 0 Å². The molecule has 116 valence electrons. The van der Waals surface area contributed by atoms with Crippen LogP contribution in [0.1, 0.15) is 42.6 Å². The van der Waals surface area contributed by atoms with Crippen LogP contribution in [0.4, 0.5) is 4.79 Å². The zero-order chi connectivity index (χ0) is 15.8. The van der Waals surface area contributed by atoms with Crippen LogP contribution in [0.15, 0.2) is 54.6 Å². The van der Waals surface area contributed by atoms with Gasteiger partial charge in [-0.15, -0.1) is 0 Å². The molecule has 0 radical (unpaired) electrons. The van der Waals surface area contributed by atoms with Crippen molar-refractivity contribution in [3.63, 3.8) is 0 Å². The lowest BCUT2D eigenvalue weighted by atomic mass is 9.94. The van der Waals surface area contributed by atoms with Gasteiger partial charge in [-0.3, -0.25) is 0 Å². The number of carboxylic acid groups (broad SMARTS) is 1. The van der Waals surface area contributed by atoms with Crippen LogP contribution in [-0.4, -0.2) is 11.3 Å². The Hall–Kier alpha value is -2.29. The number of carbonyl (C=O) groups is 1. The number of hydrogen-bond donors (Lipinski definition) is 1. The smallest absolute Gasteiger partial charge is 0.450 e. The second kappa shape index (κ2) is 8.23. The highest BCUT2D eigenvalue weighted by Gasteiger charge is 2.19. The average Bonchev–Trinajstić information content (AvgIpc) is 2.53. The standard InChI is InChI=1S/C19H22O3/c1-2-3-11-16-12-7-8-13-17(16)18(22-19(20)21)14-15-9-5-4-6-10-15/h4-10,12-13,18H,2-3,11,14H2,1H3,(H,20,21). The summed E-state index contributed by atoms with van der Waals surface area (Å²) in [5, 5.41) is 9.07. The predicted octanol–water partition coefficient (Wildman–Crippen LogP) is 5.01. The molecule has 0 aromatic heterocycles. The summed E-state index contributed by atoms with van der Waals surface area (Å²) in [6, 6.07) is 17.8. The lowest BCUT2D eigenvalue weighted by molar-refractivity contribution is 0.0510. The van der Waals surface area contributed by atoms with Crippen LogP contribution < -0.4 is 0 Å². The van der Waals surface area contributed by atoms with E-state index in [0.717, 1.165) is 30.4 Å².